The second-order valence-electron chi connectivity index (χ2n) is 14.6. The molecule has 0 radical (unpaired) electrons. The lowest BCUT2D eigenvalue weighted by Crippen LogP contribution is -2.41. The van der Waals surface area contributed by atoms with Gasteiger partial charge in [0.05, 0.1) is 30.1 Å². The normalized spacial score (nSPS) is 17.4. The number of imidazole rings is 1. The molecule has 12 nitrogen and oxygen atoms in total. The first-order chi connectivity index (χ1) is 28.8. The first-order valence-corrected chi connectivity index (χ1v) is 20.1. The molecule has 4 aromatic carbocycles. The van der Waals surface area contributed by atoms with Gasteiger partial charge < -0.3 is 23.7 Å². The van der Waals surface area contributed by atoms with Gasteiger partial charge in [-0.2, -0.15) is 0 Å². The number of hydrogen-bond donors (Lipinski definition) is 0. The van der Waals surface area contributed by atoms with Crippen LogP contribution in [-0.4, -0.2) is 69.5 Å². The van der Waals surface area contributed by atoms with Gasteiger partial charge in [-0.3, -0.25) is 4.57 Å². The molecule has 0 amide bonds. The molecular formula is C47H48N4O8. The van der Waals surface area contributed by atoms with Crippen molar-refractivity contribution in [2.24, 2.45) is 0 Å². The van der Waals surface area contributed by atoms with Crippen LogP contribution >= 0.6 is 0 Å². The van der Waals surface area contributed by atoms with Crippen LogP contribution < -0.4 is 4.74 Å². The van der Waals surface area contributed by atoms with E-state index in [1.165, 1.54) is 12.7 Å². The number of benzene rings is 4. The van der Waals surface area contributed by atoms with Crippen LogP contribution in [0.25, 0.3) is 22.4 Å². The number of fused-ring (bicyclic) bond motifs is 1. The minimum Gasteiger partial charge on any atom is -0.497 e. The van der Waals surface area contributed by atoms with Crippen molar-refractivity contribution < 1.29 is 38.1 Å². The number of esters is 3. The summed E-state index contributed by atoms with van der Waals surface area (Å²) in [5.74, 6) is -1.21. The Morgan fingerprint density at radius 3 is 1.81 bits per heavy atom. The Labute approximate surface area is 343 Å². The summed E-state index contributed by atoms with van der Waals surface area (Å²) in [6.45, 7) is 5.86. The molecule has 7 rings (SSSR count). The van der Waals surface area contributed by atoms with Crippen LogP contribution in [0.15, 0.2) is 110 Å². The summed E-state index contributed by atoms with van der Waals surface area (Å²) in [4.78, 5) is 55.1. The summed E-state index contributed by atoms with van der Waals surface area (Å²) in [7, 11) is 1.60. The Morgan fingerprint density at radius 1 is 0.678 bits per heavy atom. The molecule has 4 atom stereocenters. The molecule has 12 heteroatoms. The van der Waals surface area contributed by atoms with E-state index in [0.29, 0.717) is 39.3 Å². The lowest BCUT2D eigenvalue weighted by molar-refractivity contribution is -0.0606. The van der Waals surface area contributed by atoms with E-state index >= 15 is 0 Å². The predicted molar refractivity (Wildman–Crippen MR) is 221 cm³/mol. The lowest BCUT2D eigenvalue weighted by Gasteiger charge is -2.25. The number of aryl methyl sites for hydroxylation is 3. The molecule has 0 bridgehead atoms. The minimum absolute atomic E-state index is 0.291. The van der Waals surface area contributed by atoms with Crippen LogP contribution in [0, 0.1) is 6.92 Å². The van der Waals surface area contributed by atoms with Crippen LogP contribution in [0.3, 0.4) is 0 Å². The number of hydrogen-bond acceptors (Lipinski definition) is 11. The zero-order valence-corrected chi connectivity index (χ0v) is 33.7. The molecule has 1 aliphatic heterocycles. The third-order valence-electron chi connectivity index (χ3n) is 10.5. The quantitative estimate of drug-likeness (QED) is 0.0686. The first-order valence-electron chi connectivity index (χ1n) is 20.1. The van der Waals surface area contributed by atoms with Crippen molar-refractivity contribution in [1.82, 2.24) is 19.5 Å². The maximum Gasteiger partial charge on any atom is 0.338 e. The van der Waals surface area contributed by atoms with E-state index < -0.39 is 42.4 Å². The third-order valence-corrected chi connectivity index (χ3v) is 10.5. The van der Waals surface area contributed by atoms with Gasteiger partial charge in [0, 0.05) is 5.56 Å². The van der Waals surface area contributed by atoms with Crippen LogP contribution in [-0.2, 0) is 31.8 Å². The first kappa shape index (κ1) is 40.8. The molecule has 2 aromatic heterocycles. The predicted octanol–water partition coefficient (Wildman–Crippen LogP) is 8.70. The van der Waals surface area contributed by atoms with Crippen molar-refractivity contribution in [1.29, 1.82) is 0 Å². The van der Waals surface area contributed by atoms with Gasteiger partial charge in [-0.05, 0) is 104 Å². The van der Waals surface area contributed by atoms with Crippen molar-refractivity contribution in [3.05, 3.63) is 143 Å². The molecule has 59 heavy (non-hydrogen) atoms. The van der Waals surface area contributed by atoms with Crippen LogP contribution in [0.1, 0.15) is 93.5 Å². The highest BCUT2D eigenvalue weighted by molar-refractivity contribution is 5.91. The second kappa shape index (κ2) is 18.9. The maximum absolute atomic E-state index is 14.0. The molecule has 1 saturated heterocycles. The topological polar surface area (TPSA) is 141 Å². The molecule has 2 unspecified atom stereocenters. The van der Waals surface area contributed by atoms with Gasteiger partial charge in [-0.25, -0.2) is 29.3 Å². The van der Waals surface area contributed by atoms with Gasteiger partial charge in [-0.15, -0.1) is 0 Å². The average Bonchev–Trinajstić information content (AvgIpc) is 3.85. The molecular weight excluding hydrogens is 749 g/mol. The second-order valence-corrected chi connectivity index (χ2v) is 14.6. The Kier molecular flexibility index (Phi) is 13.1. The van der Waals surface area contributed by atoms with E-state index in [2.05, 4.69) is 28.8 Å². The molecule has 6 aromatic rings. The Balaban J connectivity index is 1.24. The fourth-order valence-corrected chi connectivity index (χ4v) is 7.02. The van der Waals surface area contributed by atoms with Gasteiger partial charge in [0.15, 0.2) is 24.1 Å². The van der Waals surface area contributed by atoms with E-state index in [1.54, 1.807) is 60.2 Å². The van der Waals surface area contributed by atoms with Crippen molar-refractivity contribution in [2.75, 3.05) is 13.7 Å². The highest BCUT2D eigenvalue weighted by Gasteiger charge is 2.52. The number of aromatic nitrogens is 4. The summed E-state index contributed by atoms with van der Waals surface area (Å²) >= 11 is 0. The maximum atomic E-state index is 14.0. The molecule has 0 spiro atoms. The molecule has 1 fully saturated rings. The molecule has 0 aliphatic carbocycles. The number of ether oxygens (including phenoxy) is 5. The molecule has 3 heterocycles. The molecule has 1 aliphatic rings. The fraction of sp³-hybridized carbons (Fsp3) is 0.319. The minimum atomic E-state index is -1.24. The summed E-state index contributed by atoms with van der Waals surface area (Å²) in [5.41, 5.74) is 6.31. The molecule has 304 valence electrons. The van der Waals surface area contributed by atoms with Gasteiger partial charge in [-0.1, -0.05) is 68.7 Å². The number of carbonyl (C=O) groups is 3. The number of unbranched alkanes of at least 4 members (excludes halogenated alkanes) is 2. The standard InChI is InChI=1S/C47H48N4O8/c1-5-7-9-31-13-19-34(20-14-31)45(52)56-27-38-41(58-46(53)36-21-15-32(16-22-36)10-8-6-2)42(59-47(54)35-17-11-30(3)12-18-35)44(57-38)51-29-50-40-39(48-28-49-43(40)51)33-23-25-37(55-4)26-24-33/h11-26,28-29,38,41-42,44H,5-10,27H2,1-4H3/t38-,41?,42?,44-/m1/s1. The van der Waals surface area contributed by atoms with E-state index in [1.807, 2.05) is 55.5 Å². The number of methoxy groups -OCH3 is 1. The summed E-state index contributed by atoms with van der Waals surface area (Å²) in [6.07, 6.45) is 4.25. The summed E-state index contributed by atoms with van der Waals surface area (Å²) in [6, 6.07) is 28.9. The Morgan fingerprint density at radius 2 is 1.24 bits per heavy atom. The third kappa shape index (κ3) is 9.50. The van der Waals surface area contributed by atoms with Crippen molar-refractivity contribution in [2.45, 2.75) is 83.8 Å². The van der Waals surface area contributed by atoms with Crippen LogP contribution in [0.5, 0.6) is 5.75 Å². The van der Waals surface area contributed by atoms with Crippen molar-refractivity contribution >= 4 is 29.1 Å². The SMILES string of the molecule is CCCCc1ccc(C(=O)OC[C@H]2O[C@@H](n3cnc4c(-c5ccc(OC)cc5)ncnc43)C(OC(=O)c3ccc(C)cc3)C2OC(=O)c2ccc(CCCC)cc2)cc1. The van der Waals surface area contributed by atoms with Crippen molar-refractivity contribution in [3.63, 3.8) is 0 Å². The average molecular weight is 797 g/mol. The monoisotopic (exact) mass is 796 g/mol. The van der Waals surface area contributed by atoms with Crippen LogP contribution in [0.2, 0.25) is 0 Å². The highest BCUT2D eigenvalue weighted by Crippen LogP contribution is 2.38. The van der Waals surface area contributed by atoms with E-state index in [4.69, 9.17) is 23.7 Å². The summed E-state index contributed by atoms with van der Waals surface area (Å²) < 4.78 is 31.9. The Bertz CT molecular complexity index is 2360. The Hall–Kier alpha value is -6.40. The van der Waals surface area contributed by atoms with E-state index in [0.717, 1.165) is 60.8 Å². The molecule has 0 saturated carbocycles. The zero-order chi connectivity index (χ0) is 41.3. The van der Waals surface area contributed by atoms with Gasteiger partial charge in [0.25, 0.3) is 0 Å². The van der Waals surface area contributed by atoms with Crippen molar-refractivity contribution in [3.8, 4) is 17.0 Å². The number of carbonyl (C=O) groups excluding carboxylic acids is 3. The van der Waals surface area contributed by atoms with Crippen LogP contribution in [0.4, 0.5) is 0 Å². The van der Waals surface area contributed by atoms with Gasteiger partial charge in [0.1, 0.15) is 36.0 Å². The van der Waals surface area contributed by atoms with Gasteiger partial charge in [0.2, 0.25) is 0 Å². The number of nitrogens with zero attached hydrogens (tertiary/aromatic N) is 4. The lowest BCUT2D eigenvalue weighted by atomic mass is 10.1. The zero-order valence-electron chi connectivity index (χ0n) is 33.7. The molecule has 0 N–H and O–H groups in total. The summed E-state index contributed by atoms with van der Waals surface area (Å²) in [5, 5.41) is 0. The fourth-order valence-electron chi connectivity index (χ4n) is 7.02. The highest BCUT2D eigenvalue weighted by atomic mass is 16.7. The largest absolute Gasteiger partial charge is 0.497 e. The van der Waals surface area contributed by atoms with E-state index in [9.17, 15) is 14.4 Å². The smallest absolute Gasteiger partial charge is 0.338 e. The number of rotatable bonds is 16. The van der Waals surface area contributed by atoms with Gasteiger partial charge >= 0.3 is 17.9 Å². The van der Waals surface area contributed by atoms with E-state index in [-0.39, 0.29) is 6.61 Å².